The summed E-state index contributed by atoms with van der Waals surface area (Å²) < 4.78 is 1.21. The van der Waals surface area contributed by atoms with Gasteiger partial charge >= 0.3 is 5.69 Å². The monoisotopic (exact) mass is 428 g/mol. The Balaban J connectivity index is 2.03. The number of halogens is 2. The van der Waals surface area contributed by atoms with E-state index in [0.717, 1.165) is 16.6 Å². The molecule has 5 heteroatoms. The minimum Gasteiger partial charge on any atom is -0.306 e. The van der Waals surface area contributed by atoms with Gasteiger partial charge in [0.2, 0.25) is 0 Å². The van der Waals surface area contributed by atoms with Crippen molar-refractivity contribution < 1.29 is 0 Å². The van der Waals surface area contributed by atoms with E-state index in [4.69, 9.17) is 0 Å². The predicted octanol–water partition coefficient (Wildman–Crippen LogP) is 3.95. The van der Waals surface area contributed by atoms with Gasteiger partial charge in [0, 0.05) is 3.57 Å². The molecule has 1 aromatic heterocycles. The molecule has 0 saturated heterocycles. The van der Waals surface area contributed by atoms with Crippen LogP contribution in [0.25, 0.3) is 11.0 Å². The summed E-state index contributed by atoms with van der Waals surface area (Å²) in [4.78, 5) is 16.9. The fraction of sp³-hybridized carbons (Fsp3) is 0.0714. The highest BCUT2D eigenvalue weighted by molar-refractivity contribution is 14.1. The molecule has 3 aromatic rings. The van der Waals surface area contributed by atoms with Crippen molar-refractivity contribution in [2.24, 2.45) is 0 Å². The Morgan fingerprint density at radius 1 is 0.947 bits per heavy atom. The van der Waals surface area contributed by atoms with Gasteiger partial charge in [-0.15, -0.1) is 0 Å². The van der Waals surface area contributed by atoms with Gasteiger partial charge in [-0.1, -0.05) is 34.1 Å². The van der Waals surface area contributed by atoms with E-state index >= 15 is 0 Å². The number of aromatic amines is 2. The summed E-state index contributed by atoms with van der Waals surface area (Å²) in [6, 6.07) is 14.3. The second kappa shape index (κ2) is 5.13. The molecule has 1 unspecified atom stereocenters. The maximum absolute atomic E-state index is 11.3. The van der Waals surface area contributed by atoms with Gasteiger partial charge in [0.05, 0.1) is 15.9 Å². The summed E-state index contributed by atoms with van der Waals surface area (Å²) in [7, 11) is 0. The first-order valence-electron chi connectivity index (χ1n) is 5.75. The molecule has 0 aliphatic heterocycles. The Hall–Kier alpha value is -1.08. The molecule has 2 aromatic carbocycles. The summed E-state index contributed by atoms with van der Waals surface area (Å²) in [6.45, 7) is 0. The third-order valence-electron chi connectivity index (χ3n) is 3.00. The van der Waals surface area contributed by atoms with Crippen LogP contribution in [0.15, 0.2) is 47.3 Å². The average Bonchev–Trinajstić information content (AvgIpc) is 2.77. The highest BCUT2D eigenvalue weighted by Crippen LogP contribution is 2.32. The summed E-state index contributed by atoms with van der Waals surface area (Å²) in [5.74, 6) is 0. The van der Waals surface area contributed by atoms with Crippen LogP contribution in [0.1, 0.15) is 16.0 Å². The molecule has 0 saturated carbocycles. The number of hydrogen-bond donors (Lipinski definition) is 2. The SMILES string of the molecule is O=c1[nH]c2ccc(C(Br)c3ccc(I)cc3)cc2[nH]1. The van der Waals surface area contributed by atoms with E-state index in [1.807, 2.05) is 18.2 Å². The predicted molar refractivity (Wildman–Crippen MR) is 88.8 cm³/mol. The topological polar surface area (TPSA) is 48.6 Å². The van der Waals surface area contributed by atoms with Crippen LogP contribution in [-0.4, -0.2) is 9.97 Å². The average molecular weight is 429 g/mol. The van der Waals surface area contributed by atoms with Gasteiger partial charge in [0.1, 0.15) is 0 Å². The van der Waals surface area contributed by atoms with Crippen LogP contribution < -0.4 is 5.69 Å². The van der Waals surface area contributed by atoms with Crippen molar-refractivity contribution in [2.45, 2.75) is 4.83 Å². The van der Waals surface area contributed by atoms with Crippen LogP contribution in [0.4, 0.5) is 0 Å². The van der Waals surface area contributed by atoms with Gasteiger partial charge in [-0.25, -0.2) is 4.79 Å². The number of H-pyrrole nitrogens is 2. The number of aromatic nitrogens is 2. The summed E-state index contributed by atoms with van der Waals surface area (Å²) in [5, 5.41) is 0. The fourth-order valence-corrected chi connectivity index (χ4v) is 2.98. The molecule has 0 aliphatic rings. The molecule has 1 heterocycles. The third kappa shape index (κ3) is 2.62. The molecule has 3 nitrogen and oxygen atoms in total. The second-order valence-electron chi connectivity index (χ2n) is 4.30. The van der Waals surface area contributed by atoms with Crippen LogP contribution in [0.5, 0.6) is 0 Å². The van der Waals surface area contributed by atoms with E-state index in [0.29, 0.717) is 0 Å². The Bertz CT molecular complexity index is 776. The summed E-state index contributed by atoms with van der Waals surface area (Å²) in [6.07, 6.45) is 0. The Labute approximate surface area is 131 Å². The number of hydrogen-bond acceptors (Lipinski definition) is 1. The summed E-state index contributed by atoms with van der Waals surface area (Å²) in [5.41, 5.74) is 3.79. The van der Waals surface area contributed by atoms with Gasteiger partial charge < -0.3 is 9.97 Å². The zero-order valence-corrected chi connectivity index (χ0v) is 13.5. The Morgan fingerprint density at radius 2 is 1.58 bits per heavy atom. The number of nitrogens with one attached hydrogen (secondary N) is 2. The van der Waals surface area contributed by atoms with E-state index in [2.05, 4.69) is 72.8 Å². The molecule has 3 rings (SSSR count). The van der Waals surface area contributed by atoms with Crippen molar-refractivity contribution in [3.05, 3.63) is 67.6 Å². The minimum absolute atomic E-state index is 0.118. The van der Waals surface area contributed by atoms with Crippen molar-refractivity contribution in [3.63, 3.8) is 0 Å². The van der Waals surface area contributed by atoms with Gasteiger partial charge in [0.15, 0.2) is 0 Å². The van der Waals surface area contributed by atoms with Gasteiger partial charge in [-0.3, -0.25) is 0 Å². The lowest BCUT2D eigenvalue weighted by atomic mass is 10.0. The Kier molecular flexibility index (Phi) is 3.49. The first-order chi connectivity index (χ1) is 9.13. The molecule has 0 fully saturated rings. The highest BCUT2D eigenvalue weighted by Gasteiger charge is 2.11. The van der Waals surface area contributed by atoms with E-state index in [1.165, 1.54) is 9.13 Å². The van der Waals surface area contributed by atoms with Crippen LogP contribution in [0.2, 0.25) is 0 Å². The first kappa shape index (κ1) is 12.9. The lowest BCUT2D eigenvalue weighted by Crippen LogP contribution is -1.99. The van der Waals surface area contributed by atoms with Crippen molar-refractivity contribution in [1.82, 2.24) is 9.97 Å². The van der Waals surface area contributed by atoms with Crippen molar-refractivity contribution in [3.8, 4) is 0 Å². The molecule has 0 amide bonds. The van der Waals surface area contributed by atoms with E-state index in [-0.39, 0.29) is 10.5 Å². The molecular weight excluding hydrogens is 419 g/mol. The molecule has 0 radical (unpaired) electrons. The summed E-state index contributed by atoms with van der Waals surface area (Å²) >= 11 is 6.00. The molecule has 0 spiro atoms. The van der Waals surface area contributed by atoms with Crippen LogP contribution >= 0.6 is 38.5 Å². The second-order valence-corrected chi connectivity index (χ2v) is 6.46. The van der Waals surface area contributed by atoms with Gasteiger partial charge in [0.25, 0.3) is 0 Å². The fourth-order valence-electron chi connectivity index (χ4n) is 2.03. The van der Waals surface area contributed by atoms with Crippen LogP contribution in [-0.2, 0) is 0 Å². The maximum atomic E-state index is 11.3. The third-order valence-corrected chi connectivity index (χ3v) is 4.77. The first-order valence-corrected chi connectivity index (χ1v) is 7.74. The standard InChI is InChI=1S/C14H10BrIN2O/c15-13(8-1-4-10(16)5-2-8)9-3-6-11-12(7-9)18-14(19)17-11/h1-7,13H,(H2,17,18,19). The number of fused-ring (bicyclic) bond motifs is 1. The van der Waals surface area contributed by atoms with Crippen LogP contribution in [0.3, 0.4) is 0 Å². The van der Waals surface area contributed by atoms with Gasteiger partial charge in [-0.2, -0.15) is 0 Å². The largest absolute Gasteiger partial charge is 0.323 e. The van der Waals surface area contributed by atoms with E-state index in [9.17, 15) is 4.79 Å². The number of rotatable bonds is 2. The smallest absolute Gasteiger partial charge is 0.306 e. The number of imidazole rings is 1. The molecule has 19 heavy (non-hydrogen) atoms. The molecular formula is C14H10BrIN2O. The van der Waals surface area contributed by atoms with Crippen molar-refractivity contribution in [1.29, 1.82) is 0 Å². The van der Waals surface area contributed by atoms with Crippen molar-refractivity contribution in [2.75, 3.05) is 0 Å². The number of benzene rings is 2. The van der Waals surface area contributed by atoms with Gasteiger partial charge in [-0.05, 0) is 58.0 Å². The molecule has 0 aliphatic carbocycles. The number of alkyl halides is 1. The van der Waals surface area contributed by atoms with E-state index < -0.39 is 0 Å². The zero-order valence-electron chi connectivity index (χ0n) is 9.78. The quantitative estimate of drug-likeness (QED) is 0.471. The minimum atomic E-state index is -0.174. The molecule has 96 valence electrons. The molecule has 1 atom stereocenters. The lowest BCUT2D eigenvalue weighted by molar-refractivity contribution is 1.18. The maximum Gasteiger partial charge on any atom is 0.323 e. The molecule has 2 N–H and O–H groups in total. The Morgan fingerprint density at radius 3 is 2.32 bits per heavy atom. The zero-order chi connectivity index (χ0) is 13.4. The highest BCUT2D eigenvalue weighted by atomic mass is 127. The normalized spacial score (nSPS) is 12.7. The lowest BCUT2D eigenvalue weighted by Gasteiger charge is -2.10. The van der Waals surface area contributed by atoms with E-state index in [1.54, 1.807) is 0 Å². The molecule has 0 bridgehead atoms. The van der Waals surface area contributed by atoms with Crippen LogP contribution in [0, 0.1) is 3.57 Å². The van der Waals surface area contributed by atoms with Crippen molar-refractivity contribution >= 4 is 49.6 Å².